The van der Waals surface area contributed by atoms with E-state index in [9.17, 15) is 0 Å². The molecule has 0 aromatic carbocycles. The number of hydrogen-bond acceptors (Lipinski definition) is 5. The summed E-state index contributed by atoms with van der Waals surface area (Å²) in [5.41, 5.74) is 4.64. The molecule has 0 aromatic rings. The van der Waals surface area contributed by atoms with Crippen LogP contribution in [-0.2, 0) is 23.1 Å². The minimum absolute atomic E-state index is 0.0812. The second-order valence-electron chi connectivity index (χ2n) is 18.0. The standard InChI is InChI=1S/C40H74O5Si3/c1-18-37(44-47(14,15)39(4,5)6)38(45-48(16,17)40(7,8)9)26-20-23-35(42-31-41-10)29-32(2)28-33(3)30-36-24-19-22-34(43-36)25-21-27-46(11,12)13/h18-20,22-23,33-38H,1-2,24-26,28-31H2,3-17H3/t33-,34-,35+,36-,37-,38-/m0/s1. The third kappa shape index (κ3) is 16.8. The highest BCUT2D eigenvalue weighted by atomic mass is 28.4. The molecule has 0 amide bonds. The van der Waals surface area contributed by atoms with Crippen molar-refractivity contribution in [3.63, 3.8) is 0 Å². The average molecular weight is 719 g/mol. The van der Waals surface area contributed by atoms with Crippen LogP contribution < -0.4 is 0 Å². The van der Waals surface area contributed by atoms with Crippen LogP contribution in [0.2, 0.25) is 55.9 Å². The molecule has 0 aromatic heterocycles. The highest BCUT2D eigenvalue weighted by Gasteiger charge is 2.43. The van der Waals surface area contributed by atoms with E-state index in [1.165, 1.54) is 5.57 Å². The van der Waals surface area contributed by atoms with E-state index >= 15 is 0 Å². The second-order valence-corrected chi connectivity index (χ2v) is 32.2. The van der Waals surface area contributed by atoms with Crippen molar-refractivity contribution >= 4 is 24.7 Å². The first-order valence-corrected chi connectivity index (χ1v) is 27.5. The Balaban J connectivity index is 2.97. The van der Waals surface area contributed by atoms with Crippen molar-refractivity contribution in [1.82, 2.24) is 0 Å². The molecule has 1 rings (SSSR count). The van der Waals surface area contributed by atoms with E-state index in [1.807, 2.05) is 6.08 Å². The van der Waals surface area contributed by atoms with E-state index in [0.29, 0.717) is 12.3 Å². The average Bonchev–Trinajstić information content (AvgIpc) is 2.92. The van der Waals surface area contributed by atoms with Crippen LogP contribution in [0.3, 0.4) is 0 Å². The monoisotopic (exact) mass is 718 g/mol. The van der Waals surface area contributed by atoms with Gasteiger partial charge in [-0.05, 0) is 74.3 Å². The maximum atomic E-state index is 7.03. The van der Waals surface area contributed by atoms with Gasteiger partial charge in [0.05, 0.1) is 30.5 Å². The number of rotatable bonds is 19. The molecule has 1 heterocycles. The molecule has 1 aliphatic rings. The Morgan fingerprint density at radius 1 is 0.979 bits per heavy atom. The number of ether oxygens (including phenoxy) is 3. The summed E-state index contributed by atoms with van der Waals surface area (Å²) < 4.78 is 31.8. The van der Waals surface area contributed by atoms with E-state index in [0.717, 1.165) is 32.1 Å². The highest BCUT2D eigenvalue weighted by Crippen LogP contribution is 2.41. The fraction of sp³-hybridized carbons (Fsp3) is 0.750. The van der Waals surface area contributed by atoms with Gasteiger partial charge in [0, 0.05) is 13.5 Å². The zero-order valence-electron chi connectivity index (χ0n) is 33.8. The van der Waals surface area contributed by atoms with Gasteiger partial charge >= 0.3 is 0 Å². The van der Waals surface area contributed by atoms with Crippen LogP contribution in [0.1, 0.15) is 87.0 Å². The predicted octanol–water partition coefficient (Wildman–Crippen LogP) is 11.2. The molecule has 1 aliphatic heterocycles. The van der Waals surface area contributed by atoms with Crippen molar-refractivity contribution in [2.24, 2.45) is 5.92 Å². The normalized spacial score (nSPS) is 20.6. The Labute approximate surface area is 300 Å². The first-order chi connectivity index (χ1) is 21.9. The number of methoxy groups -OCH3 is 1. The van der Waals surface area contributed by atoms with E-state index in [1.54, 1.807) is 7.11 Å². The zero-order chi connectivity index (χ0) is 37.0. The summed E-state index contributed by atoms with van der Waals surface area (Å²) in [6, 6.07) is 0. The first-order valence-electron chi connectivity index (χ1n) is 18.1. The maximum Gasteiger partial charge on any atom is 0.193 e. The van der Waals surface area contributed by atoms with Crippen molar-refractivity contribution < 1.29 is 23.1 Å². The lowest BCUT2D eigenvalue weighted by Crippen LogP contribution is -2.51. The van der Waals surface area contributed by atoms with Crippen LogP contribution in [0, 0.1) is 17.4 Å². The molecule has 0 fully saturated rings. The summed E-state index contributed by atoms with van der Waals surface area (Å²) in [4.78, 5) is 0. The third-order valence-electron chi connectivity index (χ3n) is 9.88. The van der Waals surface area contributed by atoms with E-state index in [4.69, 9.17) is 23.1 Å². The summed E-state index contributed by atoms with van der Waals surface area (Å²) >= 11 is 0. The molecule has 0 saturated heterocycles. The number of hydrogen-bond donors (Lipinski definition) is 0. The van der Waals surface area contributed by atoms with Crippen LogP contribution in [0.25, 0.3) is 0 Å². The molecule has 0 aliphatic carbocycles. The zero-order valence-corrected chi connectivity index (χ0v) is 36.8. The molecule has 276 valence electrons. The van der Waals surface area contributed by atoms with Crippen LogP contribution in [-0.4, -0.2) is 69.1 Å². The van der Waals surface area contributed by atoms with Crippen molar-refractivity contribution in [2.45, 2.75) is 173 Å². The van der Waals surface area contributed by atoms with Crippen LogP contribution >= 0.6 is 0 Å². The molecule has 0 spiro atoms. The third-order valence-corrected chi connectivity index (χ3v) is 19.8. The molecule has 0 bridgehead atoms. The van der Waals surface area contributed by atoms with E-state index in [-0.39, 0.29) is 47.4 Å². The van der Waals surface area contributed by atoms with Crippen molar-refractivity contribution in [3.8, 4) is 11.5 Å². The first kappa shape index (κ1) is 45.0. The van der Waals surface area contributed by atoms with Gasteiger partial charge in [0.2, 0.25) is 0 Å². The lowest BCUT2D eigenvalue weighted by molar-refractivity contribution is -0.0553. The summed E-state index contributed by atoms with van der Waals surface area (Å²) in [6.07, 6.45) is 15.7. The molecule has 0 saturated carbocycles. The Kier molecular flexibility index (Phi) is 18.3. The summed E-state index contributed by atoms with van der Waals surface area (Å²) in [5, 5.41) is 0.170. The second kappa shape index (κ2) is 19.5. The predicted molar refractivity (Wildman–Crippen MR) is 215 cm³/mol. The smallest absolute Gasteiger partial charge is 0.193 e. The molecule has 0 unspecified atom stereocenters. The summed E-state index contributed by atoms with van der Waals surface area (Å²) in [5.74, 6) is 3.84. The Morgan fingerprint density at radius 3 is 2.12 bits per heavy atom. The van der Waals surface area contributed by atoms with Gasteiger partial charge in [0.15, 0.2) is 16.6 Å². The molecular weight excluding hydrogens is 645 g/mol. The lowest BCUT2D eigenvalue weighted by Gasteiger charge is -2.44. The topological polar surface area (TPSA) is 46.2 Å². The molecule has 5 nitrogen and oxygen atoms in total. The van der Waals surface area contributed by atoms with Gasteiger partial charge in [0.1, 0.15) is 14.9 Å². The van der Waals surface area contributed by atoms with Crippen molar-refractivity contribution in [3.05, 3.63) is 49.1 Å². The van der Waals surface area contributed by atoms with Crippen molar-refractivity contribution in [2.75, 3.05) is 13.9 Å². The molecular formula is C40H74O5Si3. The fourth-order valence-corrected chi connectivity index (χ4v) is 8.36. The van der Waals surface area contributed by atoms with Crippen LogP contribution in [0.4, 0.5) is 0 Å². The SMILES string of the molecule is C=C[C@H](O[Si](C)(C)C(C)(C)C)[C@H](CC=C[C@H](CC(=C)C[C@H](C)C[C@@H]1CC=C[C@@H](CC#C[Si](C)(C)C)O1)OCOC)O[Si](C)(C)C(C)(C)C. The van der Waals surface area contributed by atoms with Gasteiger partial charge in [-0.3, -0.25) is 0 Å². The quantitative estimate of drug-likeness (QED) is 0.0576. The van der Waals surface area contributed by atoms with Crippen LogP contribution in [0.15, 0.2) is 49.1 Å². The Hall–Kier alpha value is -1.03. The van der Waals surface area contributed by atoms with Crippen molar-refractivity contribution in [1.29, 1.82) is 0 Å². The fourth-order valence-electron chi connectivity index (χ4n) is 5.11. The maximum absolute atomic E-state index is 7.03. The van der Waals surface area contributed by atoms with Gasteiger partial charge in [-0.15, -0.1) is 18.0 Å². The largest absolute Gasteiger partial charge is 0.411 e. The lowest BCUT2D eigenvalue weighted by atomic mass is 9.91. The Morgan fingerprint density at radius 2 is 1.58 bits per heavy atom. The minimum Gasteiger partial charge on any atom is -0.411 e. The summed E-state index contributed by atoms with van der Waals surface area (Å²) in [7, 11) is -3.83. The van der Waals surface area contributed by atoms with Gasteiger partial charge in [-0.25, -0.2) is 0 Å². The van der Waals surface area contributed by atoms with Gasteiger partial charge < -0.3 is 23.1 Å². The van der Waals surface area contributed by atoms with E-state index in [2.05, 4.69) is 143 Å². The molecule has 48 heavy (non-hydrogen) atoms. The molecule has 6 atom stereocenters. The van der Waals surface area contributed by atoms with Gasteiger partial charge in [0.25, 0.3) is 0 Å². The Bertz CT molecular complexity index is 1110. The summed E-state index contributed by atoms with van der Waals surface area (Å²) in [6.45, 7) is 40.9. The minimum atomic E-state index is -2.08. The molecule has 8 heteroatoms. The van der Waals surface area contributed by atoms with E-state index < -0.39 is 24.7 Å². The molecule has 0 radical (unpaired) electrons. The van der Waals surface area contributed by atoms with Gasteiger partial charge in [-0.1, -0.05) is 111 Å². The molecule has 0 N–H and O–H groups in total. The highest BCUT2D eigenvalue weighted by molar-refractivity contribution is 6.83. The van der Waals surface area contributed by atoms with Crippen LogP contribution in [0.5, 0.6) is 0 Å². The van der Waals surface area contributed by atoms with Gasteiger partial charge in [-0.2, -0.15) is 0 Å².